The maximum Gasteiger partial charge on any atom is 0.354 e. The highest BCUT2D eigenvalue weighted by Crippen LogP contribution is 2.34. The number of anilines is 1. The van der Waals surface area contributed by atoms with Crippen molar-refractivity contribution < 1.29 is 23.5 Å². The molecule has 2 aliphatic rings. The van der Waals surface area contributed by atoms with Crippen LogP contribution < -0.4 is 10.3 Å². The first-order chi connectivity index (χ1) is 10.5. The Morgan fingerprint density at radius 1 is 1.32 bits per heavy atom. The van der Waals surface area contributed by atoms with Crippen LogP contribution in [0.5, 0.6) is 0 Å². The van der Waals surface area contributed by atoms with Gasteiger partial charge in [0.1, 0.15) is 17.1 Å². The Bertz CT molecular complexity index is 701. The zero-order valence-corrected chi connectivity index (χ0v) is 11.6. The normalized spacial score (nSPS) is 23.7. The van der Waals surface area contributed by atoms with E-state index in [0.29, 0.717) is 0 Å². The molecule has 3 rings (SSSR count). The van der Waals surface area contributed by atoms with Gasteiger partial charge in [-0.3, -0.25) is 15.0 Å². The van der Waals surface area contributed by atoms with Crippen LogP contribution in [0.3, 0.4) is 0 Å². The lowest BCUT2D eigenvalue weighted by atomic mass is 9.93. The summed E-state index contributed by atoms with van der Waals surface area (Å²) in [6, 6.07) is 5.03. The van der Waals surface area contributed by atoms with Gasteiger partial charge in [-0.2, -0.15) is 5.10 Å². The summed E-state index contributed by atoms with van der Waals surface area (Å²) in [5.41, 5.74) is 1.66. The van der Waals surface area contributed by atoms with Crippen LogP contribution in [0.15, 0.2) is 29.4 Å². The zero-order chi connectivity index (χ0) is 15.9. The number of nitrogens with zero attached hydrogens (tertiary/aromatic N) is 2. The van der Waals surface area contributed by atoms with Crippen molar-refractivity contribution in [2.75, 3.05) is 12.0 Å². The third kappa shape index (κ3) is 2.03. The van der Waals surface area contributed by atoms with E-state index in [1.54, 1.807) is 0 Å². The standard InChI is InChI=1S/C14H12FN3O4/c1-22-12(20)10-6-14(17-16-10)7-11(19)18(13(14)21)9-4-2-8(15)3-5-9/h2-5,17H,6-7H2,1H3. The van der Waals surface area contributed by atoms with E-state index < -0.39 is 29.1 Å². The largest absolute Gasteiger partial charge is 0.464 e. The quantitative estimate of drug-likeness (QED) is 0.629. The molecule has 1 fully saturated rings. The number of halogens is 1. The summed E-state index contributed by atoms with van der Waals surface area (Å²) in [7, 11) is 1.21. The van der Waals surface area contributed by atoms with E-state index in [9.17, 15) is 18.8 Å². The van der Waals surface area contributed by atoms with Crippen molar-refractivity contribution in [1.29, 1.82) is 0 Å². The summed E-state index contributed by atoms with van der Waals surface area (Å²) in [4.78, 5) is 37.2. The molecule has 1 aromatic rings. The number of esters is 1. The second-order valence-corrected chi connectivity index (χ2v) is 5.11. The Balaban J connectivity index is 1.87. The molecule has 1 aromatic carbocycles. The van der Waals surface area contributed by atoms with Gasteiger partial charge < -0.3 is 4.74 Å². The van der Waals surface area contributed by atoms with Crippen LogP contribution in [0.2, 0.25) is 0 Å². The van der Waals surface area contributed by atoms with Gasteiger partial charge in [-0.15, -0.1) is 0 Å². The van der Waals surface area contributed by atoms with Crippen molar-refractivity contribution in [2.24, 2.45) is 5.10 Å². The van der Waals surface area contributed by atoms with Gasteiger partial charge in [0.2, 0.25) is 5.91 Å². The van der Waals surface area contributed by atoms with Gasteiger partial charge in [0, 0.05) is 6.42 Å². The number of hydrogen-bond donors (Lipinski definition) is 1. The minimum atomic E-state index is -1.27. The van der Waals surface area contributed by atoms with Crippen molar-refractivity contribution in [2.45, 2.75) is 18.4 Å². The summed E-state index contributed by atoms with van der Waals surface area (Å²) in [5, 5.41) is 3.80. The second-order valence-electron chi connectivity index (χ2n) is 5.11. The summed E-state index contributed by atoms with van der Waals surface area (Å²) in [5.74, 6) is -2.07. The number of methoxy groups -OCH3 is 1. The molecule has 1 N–H and O–H groups in total. The van der Waals surface area contributed by atoms with Gasteiger partial charge in [-0.1, -0.05) is 0 Å². The van der Waals surface area contributed by atoms with Crippen LogP contribution in [0.1, 0.15) is 12.8 Å². The van der Waals surface area contributed by atoms with E-state index in [1.807, 2.05) is 0 Å². The predicted molar refractivity (Wildman–Crippen MR) is 73.4 cm³/mol. The third-order valence-electron chi connectivity index (χ3n) is 3.69. The van der Waals surface area contributed by atoms with Crippen molar-refractivity contribution in [3.8, 4) is 0 Å². The van der Waals surface area contributed by atoms with Crippen LogP contribution >= 0.6 is 0 Å². The highest BCUT2D eigenvalue weighted by molar-refractivity contribution is 6.39. The molecule has 2 aliphatic heterocycles. The number of nitrogens with one attached hydrogen (secondary N) is 1. The second kappa shape index (κ2) is 4.90. The average Bonchev–Trinajstić information content (AvgIpc) is 3.03. The average molecular weight is 305 g/mol. The van der Waals surface area contributed by atoms with Crippen LogP contribution in [0, 0.1) is 5.82 Å². The smallest absolute Gasteiger partial charge is 0.354 e. The first kappa shape index (κ1) is 14.2. The Labute approximate surface area is 124 Å². The molecule has 1 spiro atoms. The molecular formula is C14H12FN3O4. The van der Waals surface area contributed by atoms with Gasteiger partial charge in [-0.05, 0) is 24.3 Å². The molecule has 0 aliphatic carbocycles. The number of hydrogen-bond acceptors (Lipinski definition) is 6. The van der Waals surface area contributed by atoms with Crippen molar-refractivity contribution in [3.05, 3.63) is 30.1 Å². The maximum absolute atomic E-state index is 13.0. The molecule has 1 atom stereocenters. The Morgan fingerprint density at radius 2 is 2.00 bits per heavy atom. The molecule has 0 bridgehead atoms. The summed E-state index contributed by atoms with van der Waals surface area (Å²) in [6.45, 7) is 0. The monoisotopic (exact) mass is 305 g/mol. The number of imide groups is 1. The highest BCUT2D eigenvalue weighted by atomic mass is 19.1. The van der Waals surface area contributed by atoms with E-state index in [1.165, 1.54) is 31.4 Å². The fourth-order valence-corrected chi connectivity index (χ4v) is 2.59. The minimum absolute atomic E-state index is 0.0259. The Morgan fingerprint density at radius 3 is 2.64 bits per heavy atom. The van der Waals surface area contributed by atoms with Crippen molar-refractivity contribution in [3.63, 3.8) is 0 Å². The lowest BCUT2D eigenvalue weighted by molar-refractivity contribution is -0.132. The fourth-order valence-electron chi connectivity index (χ4n) is 2.59. The van der Waals surface area contributed by atoms with Crippen LogP contribution in [0.4, 0.5) is 10.1 Å². The summed E-state index contributed by atoms with van der Waals surface area (Å²) >= 11 is 0. The molecule has 1 saturated heterocycles. The lowest BCUT2D eigenvalue weighted by Crippen LogP contribution is -2.47. The van der Waals surface area contributed by atoms with Crippen LogP contribution in [-0.2, 0) is 19.1 Å². The highest BCUT2D eigenvalue weighted by Gasteiger charge is 2.56. The van der Waals surface area contributed by atoms with Gasteiger partial charge in [-0.25, -0.2) is 14.1 Å². The van der Waals surface area contributed by atoms with Gasteiger partial charge in [0.15, 0.2) is 0 Å². The molecule has 22 heavy (non-hydrogen) atoms. The molecule has 8 heteroatoms. The van der Waals surface area contributed by atoms with E-state index in [0.717, 1.165) is 4.90 Å². The van der Waals surface area contributed by atoms with Gasteiger partial charge >= 0.3 is 5.97 Å². The van der Waals surface area contributed by atoms with E-state index >= 15 is 0 Å². The maximum atomic E-state index is 13.0. The molecule has 0 saturated carbocycles. The minimum Gasteiger partial charge on any atom is -0.464 e. The molecule has 1 unspecified atom stereocenters. The van der Waals surface area contributed by atoms with E-state index in [4.69, 9.17) is 0 Å². The van der Waals surface area contributed by atoms with Gasteiger partial charge in [0.25, 0.3) is 5.91 Å². The molecule has 0 radical (unpaired) electrons. The van der Waals surface area contributed by atoms with Crippen LogP contribution in [0.25, 0.3) is 0 Å². The van der Waals surface area contributed by atoms with Gasteiger partial charge in [0.05, 0.1) is 19.2 Å². The predicted octanol–water partition coefficient (Wildman–Crippen LogP) is 0.350. The molecule has 2 amide bonds. The Hall–Kier alpha value is -2.77. The summed E-state index contributed by atoms with van der Waals surface area (Å²) in [6.07, 6.45) is -0.158. The molecule has 2 heterocycles. The lowest BCUT2D eigenvalue weighted by Gasteiger charge is -2.21. The first-order valence-electron chi connectivity index (χ1n) is 6.52. The van der Waals surface area contributed by atoms with Crippen molar-refractivity contribution >= 4 is 29.2 Å². The van der Waals surface area contributed by atoms with Crippen molar-refractivity contribution in [1.82, 2.24) is 5.43 Å². The summed E-state index contributed by atoms with van der Waals surface area (Å²) < 4.78 is 17.5. The SMILES string of the molecule is COC(=O)C1=NNC2(CC(=O)N(c3ccc(F)cc3)C2=O)C1. The molecular weight excluding hydrogens is 293 g/mol. The Kier molecular flexibility index (Phi) is 3.16. The van der Waals surface area contributed by atoms with E-state index in [2.05, 4.69) is 15.3 Å². The number of rotatable bonds is 2. The third-order valence-corrected chi connectivity index (χ3v) is 3.69. The fraction of sp³-hybridized carbons (Fsp3) is 0.286. The number of benzene rings is 1. The topological polar surface area (TPSA) is 88.1 Å². The molecule has 114 valence electrons. The van der Waals surface area contributed by atoms with E-state index in [-0.39, 0.29) is 24.2 Å². The number of carbonyl (C=O) groups is 3. The number of ether oxygens (including phenoxy) is 1. The number of amides is 2. The van der Waals surface area contributed by atoms with Crippen LogP contribution in [-0.4, -0.2) is 36.1 Å². The number of carbonyl (C=O) groups excluding carboxylic acids is 3. The zero-order valence-electron chi connectivity index (χ0n) is 11.6. The molecule has 0 aromatic heterocycles. The number of hydrazone groups is 1. The molecule has 7 nitrogen and oxygen atoms in total. The first-order valence-corrected chi connectivity index (χ1v) is 6.52.